The Hall–Kier alpha value is -1.17. The van der Waals surface area contributed by atoms with Crippen molar-refractivity contribution in [2.75, 3.05) is 38.6 Å². The van der Waals surface area contributed by atoms with E-state index in [-0.39, 0.29) is 0 Å². The SMILES string of the molecule is Nc1ccc(CS(=O)/C=C/CCCCN2CCOCC2)cc1. The van der Waals surface area contributed by atoms with Gasteiger partial charge >= 0.3 is 0 Å². The van der Waals surface area contributed by atoms with Gasteiger partial charge in [-0.05, 0) is 48.9 Å². The smallest absolute Gasteiger partial charge is 0.0594 e. The minimum absolute atomic E-state index is 0.560. The Kier molecular flexibility index (Phi) is 7.63. The second-order valence-corrected chi connectivity index (χ2v) is 6.91. The van der Waals surface area contributed by atoms with Gasteiger partial charge in [-0.2, -0.15) is 0 Å². The molecule has 1 aromatic rings. The summed E-state index contributed by atoms with van der Waals surface area (Å²) in [5, 5.41) is 1.82. The van der Waals surface area contributed by atoms with E-state index in [4.69, 9.17) is 10.5 Å². The molecule has 0 bridgehead atoms. The van der Waals surface area contributed by atoms with E-state index in [1.165, 1.54) is 6.42 Å². The van der Waals surface area contributed by atoms with Crippen LogP contribution in [0.5, 0.6) is 0 Å². The van der Waals surface area contributed by atoms with Gasteiger partial charge in [-0.15, -0.1) is 0 Å². The summed E-state index contributed by atoms with van der Waals surface area (Å²) in [6, 6.07) is 7.57. The van der Waals surface area contributed by atoms with Crippen molar-refractivity contribution in [2.45, 2.75) is 25.0 Å². The fourth-order valence-electron chi connectivity index (χ4n) is 2.42. The van der Waals surface area contributed by atoms with Crippen molar-refractivity contribution in [1.82, 2.24) is 4.90 Å². The number of hydrogen-bond acceptors (Lipinski definition) is 4. The van der Waals surface area contributed by atoms with Crippen LogP contribution in [0.2, 0.25) is 0 Å². The summed E-state index contributed by atoms with van der Waals surface area (Å²) in [6.07, 6.45) is 5.38. The van der Waals surface area contributed by atoms with Crippen molar-refractivity contribution in [3.63, 3.8) is 0 Å². The fraction of sp³-hybridized carbons (Fsp3) is 0.529. The van der Waals surface area contributed by atoms with Crippen LogP contribution in [0.15, 0.2) is 35.7 Å². The van der Waals surface area contributed by atoms with Gasteiger partial charge in [-0.1, -0.05) is 18.2 Å². The number of benzene rings is 1. The van der Waals surface area contributed by atoms with Crippen LogP contribution >= 0.6 is 0 Å². The molecule has 0 saturated carbocycles. The molecule has 0 aromatic heterocycles. The Labute approximate surface area is 135 Å². The van der Waals surface area contributed by atoms with Gasteiger partial charge < -0.3 is 10.5 Å². The van der Waals surface area contributed by atoms with E-state index in [2.05, 4.69) is 4.90 Å². The average molecular weight is 322 g/mol. The second kappa shape index (κ2) is 9.77. The predicted octanol–water partition coefficient (Wildman–Crippen LogP) is 2.53. The van der Waals surface area contributed by atoms with Gasteiger partial charge in [0.1, 0.15) is 0 Å². The van der Waals surface area contributed by atoms with Gasteiger partial charge in [0, 0.05) is 29.6 Å². The summed E-state index contributed by atoms with van der Waals surface area (Å²) >= 11 is 0. The molecule has 0 aliphatic carbocycles. The van der Waals surface area contributed by atoms with Gasteiger partial charge in [-0.3, -0.25) is 9.11 Å². The van der Waals surface area contributed by atoms with Gasteiger partial charge in [0.05, 0.1) is 19.0 Å². The largest absolute Gasteiger partial charge is 0.399 e. The molecule has 1 heterocycles. The molecule has 5 heteroatoms. The summed E-state index contributed by atoms with van der Waals surface area (Å²) < 4.78 is 17.3. The Bertz CT molecular complexity index is 482. The van der Waals surface area contributed by atoms with Gasteiger partial charge in [-0.25, -0.2) is 0 Å². The Morgan fingerprint density at radius 2 is 1.91 bits per heavy atom. The number of nitrogens with two attached hydrogens (primary N) is 1. The maximum atomic E-state index is 11.9. The van der Waals surface area contributed by atoms with E-state index in [1.54, 1.807) is 0 Å². The lowest BCUT2D eigenvalue weighted by Crippen LogP contribution is -2.36. The molecule has 2 rings (SSSR count). The molecule has 4 nitrogen and oxygen atoms in total. The molecule has 1 atom stereocenters. The highest BCUT2D eigenvalue weighted by Crippen LogP contribution is 2.09. The molecule has 1 saturated heterocycles. The third-order valence-corrected chi connectivity index (χ3v) is 4.85. The topological polar surface area (TPSA) is 55.6 Å². The molecule has 1 aliphatic rings. The third-order valence-electron chi connectivity index (χ3n) is 3.74. The minimum Gasteiger partial charge on any atom is -0.399 e. The number of allylic oxidation sites excluding steroid dienone is 1. The number of anilines is 1. The van der Waals surface area contributed by atoms with Crippen LogP contribution in [0.3, 0.4) is 0 Å². The lowest BCUT2D eigenvalue weighted by atomic mass is 10.2. The van der Waals surface area contributed by atoms with Crippen molar-refractivity contribution in [1.29, 1.82) is 0 Å². The predicted molar refractivity (Wildman–Crippen MR) is 93.0 cm³/mol. The minimum atomic E-state index is -0.936. The summed E-state index contributed by atoms with van der Waals surface area (Å²) in [4.78, 5) is 2.45. The number of morpholine rings is 1. The van der Waals surface area contributed by atoms with E-state index in [0.29, 0.717) is 5.75 Å². The normalized spacial score (nSPS) is 17.8. The Balaban J connectivity index is 1.56. The zero-order valence-electron chi connectivity index (χ0n) is 13.1. The molecule has 1 fully saturated rings. The number of nitrogens with zero attached hydrogens (tertiary/aromatic N) is 1. The van der Waals surface area contributed by atoms with Crippen molar-refractivity contribution in [3.8, 4) is 0 Å². The van der Waals surface area contributed by atoms with Gasteiger partial charge in [0.25, 0.3) is 0 Å². The van der Waals surface area contributed by atoms with E-state index in [0.717, 1.165) is 56.9 Å². The van der Waals surface area contributed by atoms with Crippen molar-refractivity contribution in [3.05, 3.63) is 41.3 Å². The van der Waals surface area contributed by atoms with Crippen LogP contribution in [0, 0.1) is 0 Å². The molecule has 2 N–H and O–H groups in total. The number of nitrogen functional groups attached to an aromatic ring is 1. The van der Waals surface area contributed by atoms with Crippen LogP contribution in [0.1, 0.15) is 24.8 Å². The molecular formula is C17H26N2O2S. The fourth-order valence-corrected chi connectivity index (χ4v) is 3.39. The highest BCUT2D eigenvalue weighted by Gasteiger charge is 2.08. The van der Waals surface area contributed by atoms with Gasteiger partial charge in [0.2, 0.25) is 0 Å². The van der Waals surface area contributed by atoms with Crippen molar-refractivity contribution >= 4 is 16.5 Å². The molecule has 1 aromatic carbocycles. The van der Waals surface area contributed by atoms with Crippen LogP contribution in [-0.2, 0) is 21.3 Å². The van der Waals surface area contributed by atoms with E-state index in [9.17, 15) is 4.21 Å². The Morgan fingerprint density at radius 3 is 2.64 bits per heavy atom. The van der Waals surface area contributed by atoms with Gasteiger partial charge in [0.15, 0.2) is 0 Å². The first-order valence-corrected chi connectivity index (χ1v) is 9.30. The standard InChI is InChI=1S/C17H26N2O2S/c18-17-7-5-16(6-8-17)15-22(20)14-4-2-1-3-9-19-10-12-21-13-11-19/h4-8,14H,1-3,9-13,15,18H2/b14-4+. The molecule has 0 radical (unpaired) electrons. The van der Waals surface area contributed by atoms with E-state index >= 15 is 0 Å². The first-order valence-electron chi connectivity index (χ1n) is 7.92. The van der Waals surface area contributed by atoms with E-state index < -0.39 is 10.8 Å². The van der Waals surface area contributed by atoms with Crippen molar-refractivity contribution in [2.24, 2.45) is 0 Å². The highest BCUT2D eigenvalue weighted by atomic mass is 32.2. The maximum absolute atomic E-state index is 11.9. The first kappa shape index (κ1) is 17.2. The van der Waals surface area contributed by atoms with Crippen molar-refractivity contribution < 1.29 is 8.95 Å². The third kappa shape index (κ3) is 6.73. The summed E-state index contributed by atoms with van der Waals surface area (Å²) in [5.41, 5.74) is 7.44. The lowest BCUT2D eigenvalue weighted by Gasteiger charge is -2.26. The number of hydrogen-bond donors (Lipinski definition) is 1. The molecule has 122 valence electrons. The monoisotopic (exact) mass is 322 g/mol. The van der Waals surface area contributed by atoms with E-state index in [1.807, 2.05) is 35.7 Å². The quantitative estimate of drug-likeness (QED) is 0.590. The second-order valence-electron chi connectivity index (χ2n) is 5.59. The molecule has 1 aliphatic heterocycles. The summed E-state index contributed by atoms with van der Waals surface area (Å²) in [7, 11) is -0.936. The molecule has 22 heavy (non-hydrogen) atoms. The zero-order valence-corrected chi connectivity index (χ0v) is 13.9. The molecule has 1 unspecified atom stereocenters. The highest BCUT2D eigenvalue weighted by molar-refractivity contribution is 7.87. The number of rotatable bonds is 8. The lowest BCUT2D eigenvalue weighted by molar-refractivity contribution is 0.0372. The molecule has 0 spiro atoms. The molecule has 0 amide bonds. The Morgan fingerprint density at radius 1 is 1.18 bits per heavy atom. The van der Waals surface area contributed by atoms with Crippen LogP contribution in [0.25, 0.3) is 0 Å². The maximum Gasteiger partial charge on any atom is 0.0594 e. The first-order chi connectivity index (χ1) is 10.7. The van der Waals surface area contributed by atoms with Crippen LogP contribution < -0.4 is 5.73 Å². The summed E-state index contributed by atoms with van der Waals surface area (Å²) in [5.74, 6) is 0.560. The summed E-state index contributed by atoms with van der Waals surface area (Å²) in [6.45, 7) is 4.99. The van der Waals surface area contributed by atoms with Crippen LogP contribution in [0.4, 0.5) is 5.69 Å². The average Bonchev–Trinajstić information content (AvgIpc) is 2.54. The number of ether oxygens (including phenoxy) is 1. The molecular weight excluding hydrogens is 296 g/mol. The number of unbranched alkanes of at least 4 members (excludes halogenated alkanes) is 2. The van der Waals surface area contributed by atoms with Crippen LogP contribution in [-0.4, -0.2) is 42.0 Å². The zero-order chi connectivity index (χ0) is 15.6.